The molecule has 0 amide bonds. The third-order valence-electron chi connectivity index (χ3n) is 4.98. The predicted octanol–water partition coefficient (Wildman–Crippen LogP) is 3.96. The molecule has 24 heavy (non-hydrogen) atoms. The Bertz CT molecular complexity index is 731. The summed E-state index contributed by atoms with van der Waals surface area (Å²) in [6.45, 7) is 11.3. The molecule has 2 unspecified atom stereocenters. The zero-order valence-corrected chi connectivity index (χ0v) is 14.9. The highest BCUT2D eigenvalue weighted by atomic mass is 16.4. The van der Waals surface area contributed by atoms with Gasteiger partial charge in [-0.1, -0.05) is 58.8 Å². The van der Waals surface area contributed by atoms with Gasteiger partial charge in [0.2, 0.25) is 5.82 Å². The van der Waals surface area contributed by atoms with E-state index < -0.39 is 5.97 Å². The summed E-state index contributed by atoms with van der Waals surface area (Å²) in [7, 11) is 0. The van der Waals surface area contributed by atoms with Crippen LogP contribution in [-0.2, 0) is 0 Å². The van der Waals surface area contributed by atoms with Crippen molar-refractivity contribution in [3.63, 3.8) is 0 Å². The van der Waals surface area contributed by atoms with Crippen LogP contribution in [0, 0.1) is 34.5 Å². The first-order valence-electron chi connectivity index (χ1n) is 8.07. The maximum atomic E-state index is 10.8. The molecule has 4 heteroatoms. The Labute approximate surface area is 143 Å². The Morgan fingerprint density at radius 2 is 1.75 bits per heavy atom. The highest BCUT2D eigenvalue weighted by Crippen LogP contribution is 2.48. The highest BCUT2D eigenvalue weighted by molar-refractivity contribution is 5.86. The van der Waals surface area contributed by atoms with Crippen molar-refractivity contribution < 1.29 is 9.90 Å². The lowest BCUT2D eigenvalue weighted by Crippen LogP contribution is -2.38. The molecule has 0 aliphatic heterocycles. The summed E-state index contributed by atoms with van der Waals surface area (Å²) in [5.41, 5.74) is 0.309. The van der Waals surface area contributed by atoms with Crippen LogP contribution in [0.3, 0.4) is 0 Å². The van der Waals surface area contributed by atoms with Crippen molar-refractivity contribution in [3.05, 3.63) is 48.1 Å². The van der Waals surface area contributed by atoms with E-state index in [1.54, 1.807) is 0 Å². The Morgan fingerprint density at radius 3 is 2.33 bits per heavy atom. The van der Waals surface area contributed by atoms with Crippen LogP contribution in [0.5, 0.6) is 0 Å². The van der Waals surface area contributed by atoms with E-state index in [1.165, 1.54) is 12.4 Å². The van der Waals surface area contributed by atoms with Gasteiger partial charge < -0.3 is 5.11 Å². The number of hydrogen-bond acceptors (Lipinski definition) is 3. The maximum absolute atomic E-state index is 10.8. The number of aromatic nitrogens is 2. The van der Waals surface area contributed by atoms with Crippen LogP contribution >= 0.6 is 0 Å². The highest BCUT2D eigenvalue weighted by Gasteiger charge is 2.40. The largest absolute Gasteiger partial charge is 0.478 e. The fourth-order valence-corrected chi connectivity index (χ4v) is 2.98. The lowest BCUT2D eigenvalue weighted by molar-refractivity contribution is 0.0696. The zero-order chi connectivity index (χ0) is 18.0. The molecular weight excluding hydrogens is 300 g/mol. The summed E-state index contributed by atoms with van der Waals surface area (Å²) in [5, 5.41) is 8.82. The molecule has 1 aliphatic rings. The predicted molar refractivity (Wildman–Crippen MR) is 94.4 cm³/mol. The molecule has 1 aliphatic carbocycles. The quantitative estimate of drug-likeness (QED) is 0.661. The number of carbonyl (C=O) groups is 1. The molecule has 0 radical (unpaired) electrons. The molecular formula is C20H24N2O2. The molecule has 0 aromatic carbocycles. The first-order valence-corrected chi connectivity index (χ1v) is 8.07. The minimum absolute atomic E-state index is 0.0582. The van der Waals surface area contributed by atoms with E-state index in [1.807, 2.05) is 6.08 Å². The lowest BCUT2D eigenvalue weighted by Gasteiger charge is -2.45. The van der Waals surface area contributed by atoms with E-state index in [4.69, 9.17) is 5.11 Å². The molecule has 0 fully saturated rings. The Morgan fingerprint density at radius 1 is 1.17 bits per heavy atom. The third-order valence-corrected chi connectivity index (χ3v) is 4.98. The first-order chi connectivity index (χ1) is 11.1. The Kier molecular flexibility index (Phi) is 4.94. The summed E-state index contributed by atoms with van der Waals surface area (Å²) < 4.78 is 0. The van der Waals surface area contributed by atoms with Crippen molar-refractivity contribution in [1.82, 2.24) is 9.97 Å². The van der Waals surface area contributed by atoms with Crippen LogP contribution in [0.15, 0.2) is 36.7 Å². The van der Waals surface area contributed by atoms with Crippen molar-refractivity contribution >= 4 is 5.97 Å². The van der Waals surface area contributed by atoms with Crippen molar-refractivity contribution in [2.24, 2.45) is 22.7 Å². The second kappa shape index (κ2) is 6.60. The van der Waals surface area contributed by atoms with Crippen LogP contribution in [0.25, 0.3) is 0 Å². The molecule has 1 N–H and O–H groups in total. The van der Waals surface area contributed by atoms with E-state index in [2.05, 4.69) is 74.7 Å². The number of aromatic carboxylic acids is 1. The number of allylic oxidation sites excluding steroid dienone is 4. The molecule has 0 spiro atoms. The van der Waals surface area contributed by atoms with Gasteiger partial charge in [-0.2, -0.15) is 0 Å². The number of rotatable bonds is 2. The Balaban J connectivity index is 2.14. The van der Waals surface area contributed by atoms with E-state index in [0.29, 0.717) is 17.7 Å². The van der Waals surface area contributed by atoms with Gasteiger partial charge in [0.05, 0.1) is 5.56 Å². The van der Waals surface area contributed by atoms with Crippen LogP contribution in [-0.4, -0.2) is 21.0 Å². The number of carboxylic acid groups (broad SMARTS) is 1. The SMILES string of the molecule is CC1C(C=CC#Cc2ncc(C(=O)O)cn2)C(C)(C)C=CC1(C)C. The normalized spacial score (nSPS) is 24.4. The molecule has 0 bridgehead atoms. The first kappa shape index (κ1) is 17.9. The van der Waals surface area contributed by atoms with E-state index in [0.717, 1.165) is 0 Å². The average Bonchev–Trinajstić information content (AvgIpc) is 2.51. The van der Waals surface area contributed by atoms with Gasteiger partial charge in [-0.3, -0.25) is 0 Å². The van der Waals surface area contributed by atoms with Crippen LogP contribution in [0.4, 0.5) is 0 Å². The molecule has 2 atom stereocenters. The molecule has 1 aromatic heterocycles. The summed E-state index contributed by atoms with van der Waals surface area (Å²) in [6, 6.07) is 0. The minimum atomic E-state index is -1.04. The number of hydrogen-bond donors (Lipinski definition) is 1. The van der Waals surface area contributed by atoms with Gasteiger partial charge in [-0.25, -0.2) is 14.8 Å². The van der Waals surface area contributed by atoms with Gasteiger partial charge in [0.15, 0.2) is 0 Å². The molecule has 126 valence electrons. The van der Waals surface area contributed by atoms with Gasteiger partial charge in [-0.15, -0.1) is 0 Å². The van der Waals surface area contributed by atoms with Gasteiger partial charge >= 0.3 is 5.97 Å². The molecule has 0 saturated heterocycles. The second-order valence-electron chi connectivity index (χ2n) is 7.52. The Hall–Kier alpha value is -2.41. The third kappa shape index (κ3) is 3.91. The standard InChI is InChI=1S/C20H24N2O2/c1-14-16(20(4,5)11-10-19(14,2)3)8-6-7-9-17-21-12-15(13-22-17)18(23)24/h6,8,10-14,16H,1-5H3,(H,23,24). The number of nitrogens with zero attached hydrogens (tertiary/aromatic N) is 2. The van der Waals surface area contributed by atoms with Crippen LogP contribution < -0.4 is 0 Å². The monoisotopic (exact) mass is 324 g/mol. The van der Waals surface area contributed by atoms with E-state index in [9.17, 15) is 4.79 Å². The van der Waals surface area contributed by atoms with Gasteiger partial charge in [-0.05, 0) is 34.7 Å². The van der Waals surface area contributed by atoms with Crippen LogP contribution in [0.2, 0.25) is 0 Å². The van der Waals surface area contributed by atoms with E-state index >= 15 is 0 Å². The summed E-state index contributed by atoms with van der Waals surface area (Å²) in [5.74, 6) is 5.97. The van der Waals surface area contributed by atoms with Gasteiger partial charge in [0.1, 0.15) is 0 Å². The van der Waals surface area contributed by atoms with Crippen molar-refractivity contribution in [2.75, 3.05) is 0 Å². The second-order valence-corrected chi connectivity index (χ2v) is 7.52. The smallest absolute Gasteiger partial charge is 0.338 e. The molecule has 0 saturated carbocycles. The zero-order valence-electron chi connectivity index (χ0n) is 14.9. The number of carboxylic acids is 1. The summed E-state index contributed by atoms with van der Waals surface area (Å²) in [4.78, 5) is 18.6. The van der Waals surface area contributed by atoms with Gasteiger partial charge in [0, 0.05) is 12.4 Å². The molecule has 1 aromatic rings. The fourth-order valence-electron chi connectivity index (χ4n) is 2.98. The fraction of sp³-hybridized carbons (Fsp3) is 0.450. The van der Waals surface area contributed by atoms with E-state index in [-0.39, 0.29) is 16.4 Å². The van der Waals surface area contributed by atoms with Crippen molar-refractivity contribution in [1.29, 1.82) is 0 Å². The van der Waals surface area contributed by atoms with Gasteiger partial charge in [0.25, 0.3) is 0 Å². The average molecular weight is 324 g/mol. The molecule has 4 nitrogen and oxygen atoms in total. The van der Waals surface area contributed by atoms with Crippen molar-refractivity contribution in [2.45, 2.75) is 34.6 Å². The summed E-state index contributed by atoms with van der Waals surface area (Å²) >= 11 is 0. The molecule has 1 heterocycles. The minimum Gasteiger partial charge on any atom is -0.478 e. The van der Waals surface area contributed by atoms with Crippen molar-refractivity contribution in [3.8, 4) is 11.8 Å². The topological polar surface area (TPSA) is 63.1 Å². The summed E-state index contributed by atoms with van der Waals surface area (Å²) in [6.07, 6.45) is 11.2. The maximum Gasteiger partial charge on any atom is 0.338 e. The van der Waals surface area contributed by atoms with Crippen LogP contribution in [0.1, 0.15) is 50.8 Å². The molecule has 2 rings (SSSR count). The lowest BCUT2D eigenvalue weighted by atomic mass is 9.59.